The summed E-state index contributed by atoms with van der Waals surface area (Å²) >= 11 is 0. The van der Waals surface area contributed by atoms with Crippen molar-refractivity contribution in [1.82, 2.24) is 24.7 Å². The zero-order valence-corrected chi connectivity index (χ0v) is 49.7. The molecule has 0 unspecified atom stereocenters. The molecule has 4 heterocycles. The van der Waals surface area contributed by atoms with E-state index in [0.717, 1.165) is 61.7 Å². The van der Waals surface area contributed by atoms with Gasteiger partial charge in [-0.2, -0.15) is 0 Å². The first kappa shape index (κ1) is 60.0. The molecule has 0 aliphatic carbocycles. The number of nitrogens with one attached hydrogen (secondary N) is 2. The first-order valence-corrected chi connectivity index (χ1v) is 30.6. The molecule has 8 N–H and O–H groups in total. The Morgan fingerprint density at radius 1 is 0.529 bits per heavy atom. The highest BCUT2D eigenvalue weighted by Crippen LogP contribution is 2.44. The number of amides is 2. The number of sulfonamides is 2. The molecule has 0 saturated carbocycles. The summed E-state index contributed by atoms with van der Waals surface area (Å²) in [5.41, 5.74) is 19.5. The van der Waals surface area contributed by atoms with E-state index in [1.54, 1.807) is 27.9 Å². The van der Waals surface area contributed by atoms with Gasteiger partial charge in [-0.05, 0) is 94.8 Å². The number of methoxy groups -OCH3 is 1. The van der Waals surface area contributed by atoms with E-state index in [-0.39, 0.29) is 21.2 Å². The Balaban J connectivity index is 0.000000201. The lowest BCUT2D eigenvalue weighted by Crippen LogP contribution is -2.40. The predicted octanol–water partition coefficient (Wildman–Crippen LogP) is 11.7. The van der Waals surface area contributed by atoms with Crippen LogP contribution in [0.2, 0.25) is 0 Å². The molecule has 0 radical (unpaired) electrons. The SMILES string of the molecule is COc1ccc(CN(Cc2ccccc2)c2nc(C(N)=O)c(-c3cncc(S(=O)(=O)NC(C)(C)C)c3)c3cccc(-c4ccccc4)c23)cc1.NC(=O)c1nc(NCc2ccccc2)c2c(-c3ccccc3)cccc2c1-c1cncc(S(N)(=O)=O)c1. The maximum absolute atomic E-state index is 13.4. The molecule has 17 nitrogen and oxygen atoms in total. The van der Waals surface area contributed by atoms with Crippen molar-refractivity contribution in [2.45, 2.75) is 55.7 Å². The second-order valence-electron chi connectivity index (χ2n) is 21.5. The summed E-state index contributed by atoms with van der Waals surface area (Å²) in [4.78, 5) is 46.1. The van der Waals surface area contributed by atoms with Crippen molar-refractivity contribution in [1.29, 1.82) is 0 Å². The van der Waals surface area contributed by atoms with Crippen molar-refractivity contribution in [2.75, 3.05) is 17.3 Å². The van der Waals surface area contributed by atoms with E-state index in [9.17, 15) is 26.4 Å². The van der Waals surface area contributed by atoms with Crippen molar-refractivity contribution in [3.63, 3.8) is 0 Å². The number of benzene rings is 7. The van der Waals surface area contributed by atoms with E-state index in [1.807, 2.05) is 182 Å². The molecule has 19 heteroatoms. The molecule has 0 aliphatic rings. The van der Waals surface area contributed by atoms with Gasteiger partial charge in [0.1, 0.15) is 38.6 Å². The normalized spacial score (nSPS) is 11.6. The zero-order chi connectivity index (χ0) is 61.5. The zero-order valence-electron chi connectivity index (χ0n) is 48.0. The highest BCUT2D eigenvalue weighted by atomic mass is 32.2. The van der Waals surface area contributed by atoms with Crippen LogP contribution in [0.15, 0.2) is 229 Å². The molecule has 11 rings (SSSR count). The largest absolute Gasteiger partial charge is 0.497 e. The number of nitrogens with two attached hydrogens (primary N) is 3. The summed E-state index contributed by atoms with van der Waals surface area (Å²) in [6, 6.07) is 61.9. The van der Waals surface area contributed by atoms with Gasteiger partial charge in [0.05, 0.1) is 7.11 Å². The van der Waals surface area contributed by atoms with Crippen LogP contribution in [0, 0.1) is 0 Å². The third-order valence-corrected chi connectivity index (χ3v) is 16.7. The summed E-state index contributed by atoms with van der Waals surface area (Å²) in [5, 5.41) is 11.6. The number of carbonyl (C=O) groups excluding carboxylic acids is 2. The fourth-order valence-corrected chi connectivity index (χ4v) is 12.3. The molecule has 0 spiro atoms. The average molecular weight is 1200 g/mol. The molecule has 7 aromatic carbocycles. The molecular formula is C68H62N10O7S2. The maximum Gasteiger partial charge on any atom is 0.268 e. The lowest BCUT2D eigenvalue weighted by molar-refractivity contribution is 0.0988. The monoisotopic (exact) mass is 1190 g/mol. The summed E-state index contributed by atoms with van der Waals surface area (Å²) in [6.45, 7) is 6.69. The number of rotatable bonds is 18. The number of primary amides is 2. The Morgan fingerprint density at radius 2 is 0.989 bits per heavy atom. The molecular weight excluding hydrogens is 1130 g/mol. The minimum atomic E-state index is -4.03. The Bertz CT molecular complexity index is 4560. The van der Waals surface area contributed by atoms with Crippen LogP contribution in [0.3, 0.4) is 0 Å². The molecule has 11 aromatic rings. The van der Waals surface area contributed by atoms with Crippen LogP contribution in [-0.4, -0.2) is 61.2 Å². The van der Waals surface area contributed by atoms with Gasteiger partial charge in [-0.15, -0.1) is 0 Å². The fraction of sp³-hybridized carbons (Fsp3) is 0.118. The highest BCUT2D eigenvalue weighted by Gasteiger charge is 2.29. The Kier molecular flexibility index (Phi) is 17.6. The minimum Gasteiger partial charge on any atom is -0.497 e. The molecule has 0 aliphatic heterocycles. The predicted molar refractivity (Wildman–Crippen MR) is 342 cm³/mol. The quantitative estimate of drug-likeness (QED) is 0.0535. The summed E-state index contributed by atoms with van der Waals surface area (Å²) < 4.78 is 59.0. The summed E-state index contributed by atoms with van der Waals surface area (Å²) in [7, 11) is -6.35. The maximum atomic E-state index is 13.4. The molecule has 0 fully saturated rings. The van der Waals surface area contributed by atoms with Gasteiger partial charge in [0.25, 0.3) is 11.8 Å². The van der Waals surface area contributed by atoms with Crippen molar-refractivity contribution in [2.24, 2.45) is 16.6 Å². The van der Waals surface area contributed by atoms with Gasteiger partial charge in [-0.25, -0.2) is 36.7 Å². The van der Waals surface area contributed by atoms with Crippen molar-refractivity contribution >= 4 is 65.0 Å². The van der Waals surface area contributed by atoms with Crippen LogP contribution < -0.4 is 36.3 Å². The van der Waals surface area contributed by atoms with Crippen molar-refractivity contribution in [3.8, 4) is 50.3 Å². The third-order valence-electron chi connectivity index (χ3n) is 14.1. The standard InChI is InChI=1S/C40H39N5O4S.C28H23N5O3S/c1-40(2,3)44-50(47,48)32-22-30(23-42-24-32)35-34-17-11-16-33(29-14-9-6-10-15-29)36(34)39(43-37(35)38(41)46)45(25-27-12-7-5-8-13-27)26-28-18-20-31(49-4)21-19-28;29-27(34)26-24(20-14-21(17-31-16-20)37(30,35)36)23-13-7-12-22(19-10-5-2-6-11-19)25(23)28(33-26)32-15-18-8-3-1-4-9-18/h5-24,44H,25-26H2,1-4H3,(H2,41,46);1-14,16-17H,15H2,(H2,29,34)(H,32,33)(H2,30,35,36). The van der Waals surface area contributed by atoms with Gasteiger partial charge in [0, 0.05) is 83.0 Å². The molecule has 87 heavy (non-hydrogen) atoms. The fourth-order valence-electron chi connectivity index (χ4n) is 10.3. The Hall–Kier alpha value is -10.2. The van der Waals surface area contributed by atoms with E-state index in [2.05, 4.69) is 29.9 Å². The number of fused-ring (bicyclic) bond motifs is 2. The average Bonchev–Trinajstić information content (AvgIpc) is 0.937. The van der Waals surface area contributed by atoms with Gasteiger partial charge in [-0.3, -0.25) is 19.6 Å². The Labute approximate surface area is 505 Å². The van der Waals surface area contributed by atoms with Crippen LogP contribution in [-0.2, 0) is 39.7 Å². The van der Waals surface area contributed by atoms with Gasteiger partial charge in [-0.1, -0.05) is 170 Å². The van der Waals surface area contributed by atoms with Gasteiger partial charge >= 0.3 is 0 Å². The molecule has 0 saturated heterocycles. The number of aromatic nitrogens is 4. The lowest BCUT2D eigenvalue weighted by Gasteiger charge is -2.28. The summed E-state index contributed by atoms with van der Waals surface area (Å²) in [5.74, 6) is 0.271. The van der Waals surface area contributed by atoms with Crippen LogP contribution >= 0.6 is 0 Å². The second-order valence-corrected chi connectivity index (χ2v) is 24.8. The number of primary sulfonamides is 1. The number of hydrogen-bond donors (Lipinski definition) is 5. The lowest BCUT2D eigenvalue weighted by atomic mass is 9.92. The first-order chi connectivity index (χ1) is 41.8. The topological polar surface area (TPSA) is 269 Å². The van der Waals surface area contributed by atoms with Crippen LogP contribution in [0.5, 0.6) is 5.75 Å². The minimum absolute atomic E-state index is 0.00522. The summed E-state index contributed by atoms with van der Waals surface area (Å²) in [6.07, 6.45) is 5.44. The van der Waals surface area contributed by atoms with Gasteiger partial charge < -0.3 is 26.4 Å². The number of anilines is 2. The molecule has 0 bridgehead atoms. The number of carbonyl (C=O) groups is 2. The van der Waals surface area contributed by atoms with Crippen LogP contribution in [0.1, 0.15) is 58.4 Å². The second kappa shape index (κ2) is 25.6. The third kappa shape index (κ3) is 13.8. The molecule has 2 amide bonds. The van der Waals surface area contributed by atoms with Crippen molar-refractivity contribution in [3.05, 3.63) is 247 Å². The molecule has 4 aromatic heterocycles. The Morgan fingerprint density at radius 3 is 1.49 bits per heavy atom. The van der Waals surface area contributed by atoms with E-state index >= 15 is 0 Å². The van der Waals surface area contributed by atoms with Crippen LogP contribution in [0.25, 0.3) is 66.1 Å². The van der Waals surface area contributed by atoms with Crippen LogP contribution in [0.4, 0.5) is 11.6 Å². The van der Waals surface area contributed by atoms with E-state index in [0.29, 0.717) is 64.3 Å². The molecule has 438 valence electrons. The number of ether oxygens (including phenoxy) is 1. The smallest absolute Gasteiger partial charge is 0.268 e. The highest BCUT2D eigenvalue weighted by molar-refractivity contribution is 7.89. The number of pyridine rings is 4. The number of hydrogen-bond acceptors (Lipinski definition) is 13. The van der Waals surface area contributed by atoms with E-state index in [1.165, 1.54) is 30.7 Å². The number of nitrogens with zero attached hydrogens (tertiary/aromatic N) is 5. The van der Waals surface area contributed by atoms with E-state index in [4.69, 9.17) is 26.3 Å². The van der Waals surface area contributed by atoms with E-state index < -0.39 is 37.4 Å². The van der Waals surface area contributed by atoms with Gasteiger partial charge in [0.2, 0.25) is 20.0 Å². The molecule has 0 atom stereocenters. The van der Waals surface area contributed by atoms with Gasteiger partial charge in [0.15, 0.2) is 0 Å². The first-order valence-electron chi connectivity index (χ1n) is 27.6. The van der Waals surface area contributed by atoms with Crippen molar-refractivity contribution < 1.29 is 31.2 Å².